The van der Waals surface area contributed by atoms with Gasteiger partial charge in [0, 0.05) is 13.1 Å². The van der Waals surface area contributed by atoms with Crippen LogP contribution in [0.25, 0.3) is 0 Å². The molecule has 0 unspecified atom stereocenters. The molecule has 1 rings (SSSR count). The summed E-state index contributed by atoms with van der Waals surface area (Å²) in [5, 5.41) is 0. The van der Waals surface area contributed by atoms with E-state index in [1.54, 1.807) is 20.8 Å². The molecule has 0 aromatic heterocycles. The number of carbonyl (C=O) groups is 1. The third-order valence-corrected chi connectivity index (χ3v) is 2.96. The van der Waals surface area contributed by atoms with E-state index in [2.05, 4.69) is 0 Å². The van der Waals surface area contributed by atoms with Gasteiger partial charge >= 0.3 is 64.5 Å². The van der Waals surface area contributed by atoms with Crippen LogP contribution in [-0.2, 0) is 4.74 Å². The van der Waals surface area contributed by atoms with Gasteiger partial charge in [-0.25, -0.2) is 4.79 Å². The van der Waals surface area contributed by atoms with Crippen LogP contribution in [0.1, 0.15) is 46.5 Å². The van der Waals surface area contributed by atoms with Crippen LogP contribution in [0.15, 0.2) is 11.5 Å². The maximum absolute atomic E-state index is 12.4. The predicted octanol–water partition coefficient (Wildman–Crippen LogP) is 1.11. The van der Waals surface area contributed by atoms with E-state index in [1.165, 1.54) is 4.90 Å². The van der Waals surface area contributed by atoms with E-state index in [0.717, 1.165) is 0 Å². The molecule has 0 spiro atoms. The third kappa shape index (κ3) is 9.99. The van der Waals surface area contributed by atoms with Crippen molar-refractivity contribution in [3.63, 3.8) is 0 Å². The van der Waals surface area contributed by atoms with E-state index < -0.39 is 18.7 Å². The Balaban J connectivity index is 0.00000400. The van der Waals surface area contributed by atoms with Crippen molar-refractivity contribution in [2.24, 2.45) is 0 Å². The normalized spacial score (nSPS) is 19.5. The first-order valence-corrected chi connectivity index (χ1v) is 6.95. The van der Waals surface area contributed by atoms with Crippen molar-refractivity contribution in [3.8, 4) is 0 Å². The molecule has 1 aliphatic rings. The van der Waals surface area contributed by atoms with Crippen LogP contribution in [0.5, 0.6) is 0 Å². The van der Waals surface area contributed by atoms with Crippen molar-refractivity contribution in [2.75, 3.05) is 13.1 Å². The number of halogens is 3. The number of hydrogen-bond donors (Lipinski definition) is 0. The fraction of sp³-hybridized carbons (Fsp3) is 0.769. The Hall–Kier alpha value is 0.501. The minimum Gasteiger partial charge on any atom is -0.445 e. The summed E-state index contributed by atoms with van der Waals surface area (Å²) >= 11 is 0. The number of amides is 1. The largest absolute Gasteiger partial charge is 1.00 e. The molecule has 3 nitrogen and oxygen atoms in total. The average Bonchev–Trinajstić information content (AvgIpc) is 2.17. The van der Waals surface area contributed by atoms with Gasteiger partial charge in [0.1, 0.15) is 5.60 Å². The second kappa shape index (κ2) is 8.96. The maximum Gasteiger partial charge on any atom is 1.00 e. The second-order valence-corrected chi connectivity index (χ2v) is 6.12. The van der Waals surface area contributed by atoms with Gasteiger partial charge in [0.25, 0.3) is 0 Å². The molecule has 0 aromatic carbocycles. The minimum absolute atomic E-state index is 0. The van der Waals surface area contributed by atoms with E-state index in [9.17, 15) is 17.7 Å². The smallest absolute Gasteiger partial charge is 0.445 e. The molecule has 116 valence electrons. The Morgan fingerprint density at radius 1 is 1.19 bits per heavy atom. The SMILES string of the molecule is CC(C)(C)OC(=O)N1CCCC/C(=C\[B-](F)(F)F)CC1.[K+]. The number of rotatable bonds is 1. The Labute approximate surface area is 167 Å². The quantitative estimate of drug-likeness (QED) is 0.674. The van der Waals surface area contributed by atoms with Gasteiger partial charge in [-0.15, -0.1) is 11.5 Å². The van der Waals surface area contributed by atoms with Crippen molar-refractivity contribution in [3.05, 3.63) is 11.5 Å². The molecule has 0 atom stereocenters. The summed E-state index contributed by atoms with van der Waals surface area (Å²) in [4.78, 5) is 13.4. The Morgan fingerprint density at radius 3 is 2.33 bits per heavy atom. The summed E-state index contributed by atoms with van der Waals surface area (Å²) in [6.07, 6.45) is 1.64. The number of nitrogens with zero attached hydrogens (tertiary/aromatic N) is 1. The first-order valence-electron chi connectivity index (χ1n) is 6.95. The van der Waals surface area contributed by atoms with Crippen LogP contribution in [0, 0.1) is 0 Å². The van der Waals surface area contributed by atoms with E-state index in [0.29, 0.717) is 37.4 Å². The Kier molecular flexibility index (Phi) is 9.17. The summed E-state index contributed by atoms with van der Waals surface area (Å²) in [6, 6.07) is 0. The standard InChI is InChI=1S/C13H22BF3NO2.K/c1-13(2,3)20-12(19)18-8-5-4-6-11(7-9-18)10-14(15,16)17;/h10H,4-9H2,1-3H3;/q-1;+1/b11-10+;. The fourth-order valence-corrected chi connectivity index (χ4v) is 2.11. The van der Waals surface area contributed by atoms with Crippen LogP contribution in [-0.4, -0.2) is 36.7 Å². The molecule has 0 radical (unpaired) electrons. The monoisotopic (exact) mass is 331 g/mol. The van der Waals surface area contributed by atoms with Crippen molar-refractivity contribution >= 4 is 13.1 Å². The van der Waals surface area contributed by atoms with Crippen molar-refractivity contribution in [2.45, 2.75) is 52.1 Å². The van der Waals surface area contributed by atoms with Gasteiger partial charge in [-0.2, -0.15) is 0 Å². The first kappa shape index (κ1) is 21.5. The Morgan fingerprint density at radius 2 is 1.81 bits per heavy atom. The average molecular weight is 331 g/mol. The molecule has 0 N–H and O–H groups in total. The van der Waals surface area contributed by atoms with Crippen LogP contribution >= 0.6 is 0 Å². The fourth-order valence-electron chi connectivity index (χ4n) is 2.11. The molecule has 1 fully saturated rings. The third-order valence-electron chi connectivity index (χ3n) is 2.96. The van der Waals surface area contributed by atoms with Gasteiger partial charge in [-0.3, -0.25) is 0 Å². The van der Waals surface area contributed by atoms with E-state index >= 15 is 0 Å². The molecule has 1 heterocycles. The molecule has 8 heteroatoms. The zero-order valence-electron chi connectivity index (χ0n) is 13.3. The van der Waals surface area contributed by atoms with Crippen molar-refractivity contribution in [1.29, 1.82) is 0 Å². The number of ether oxygens (including phenoxy) is 1. The van der Waals surface area contributed by atoms with E-state index in [4.69, 9.17) is 4.74 Å². The second-order valence-electron chi connectivity index (χ2n) is 6.12. The van der Waals surface area contributed by atoms with Gasteiger partial charge in [0.15, 0.2) is 0 Å². The molecule has 0 aromatic rings. The number of likely N-dealkylation sites (tertiary alicyclic amines) is 1. The van der Waals surface area contributed by atoms with Gasteiger partial charge in [-0.05, 0) is 46.5 Å². The van der Waals surface area contributed by atoms with Gasteiger partial charge in [0.05, 0.1) is 0 Å². The molecular weight excluding hydrogens is 309 g/mol. The number of carbonyl (C=O) groups excluding carboxylic acids is 1. The molecule has 0 bridgehead atoms. The Bertz CT molecular complexity index is 381. The summed E-state index contributed by atoms with van der Waals surface area (Å²) < 4.78 is 42.6. The zero-order valence-corrected chi connectivity index (χ0v) is 16.4. The predicted molar refractivity (Wildman–Crippen MR) is 73.4 cm³/mol. The molecule has 1 aliphatic heterocycles. The first-order chi connectivity index (χ1) is 9.07. The summed E-state index contributed by atoms with van der Waals surface area (Å²) in [6.45, 7) is 1.23. The molecule has 21 heavy (non-hydrogen) atoms. The maximum atomic E-state index is 12.4. The van der Waals surface area contributed by atoms with Crippen molar-refractivity contribution < 1.29 is 73.9 Å². The molecule has 1 saturated heterocycles. The molecule has 0 aliphatic carbocycles. The van der Waals surface area contributed by atoms with Crippen LogP contribution < -0.4 is 51.4 Å². The summed E-state index contributed by atoms with van der Waals surface area (Å²) in [5.74, 6) is 0.429. The minimum atomic E-state index is -4.91. The van der Waals surface area contributed by atoms with Crippen LogP contribution in [0.3, 0.4) is 0 Å². The zero-order chi connectivity index (χ0) is 15.4. The van der Waals surface area contributed by atoms with E-state index in [1.807, 2.05) is 0 Å². The van der Waals surface area contributed by atoms with Crippen LogP contribution in [0.2, 0.25) is 0 Å². The number of hydrogen-bond acceptors (Lipinski definition) is 2. The van der Waals surface area contributed by atoms with E-state index in [-0.39, 0.29) is 64.4 Å². The summed E-state index contributed by atoms with van der Waals surface area (Å²) in [7, 11) is 0. The topological polar surface area (TPSA) is 29.5 Å². The van der Waals surface area contributed by atoms with Crippen molar-refractivity contribution in [1.82, 2.24) is 4.90 Å². The van der Waals surface area contributed by atoms with Crippen LogP contribution in [0.4, 0.5) is 17.7 Å². The molecule has 1 amide bonds. The summed E-state index contributed by atoms with van der Waals surface area (Å²) in [5.41, 5.74) is -0.210. The molecular formula is C13H22BF3KNO2. The van der Waals surface area contributed by atoms with Gasteiger partial charge in [0.2, 0.25) is 0 Å². The van der Waals surface area contributed by atoms with Gasteiger partial charge in [-0.1, -0.05) is 0 Å². The molecule has 0 saturated carbocycles. The van der Waals surface area contributed by atoms with Gasteiger partial charge < -0.3 is 22.6 Å².